The average molecular weight is 319 g/mol. The quantitative estimate of drug-likeness (QED) is 0.773. The lowest BCUT2D eigenvalue weighted by molar-refractivity contribution is -0.137. The van der Waals surface area contributed by atoms with Crippen molar-refractivity contribution < 1.29 is 9.53 Å². The number of amides is 1. The monoisotopic (exact) mass is 319 g/mol. The van der Waals surface area contributed by atoms with Crippen LogP contribution in [0.15, 0.2) is 12.1 Å². The summed E-state index contributed by atoms with van der Waals surface area (Å²) in [6, 6.07) is 3.76. The van der Waals surface area contributed by atoms with E-state index in [1.807, 2.05) is 24.0 Å². The number of carbonyl (C=O) groups excluding carboxylic acids is 1. The van der Waals surface area contributed by atoms with Gasteiger partial charge in [-0.2, -0.15) is 5.10 Å². The van der Waals surface area contributed by atoms with E-state index in [0.717, 1.165) is 57.3 Å². The second-order valence-corrected chi connectivity index (χ2v) is 6.43. The van der Waals surface area contributed by atoms with Crippen molar-refractivity contribution in [2.75, 3.05) is 13.1 Å². The van der Waals surface area contributed by atoms with E-state index in [9.17, 15) is 4.79 Å². The van der Waals surface area contributed by atoms with Crippen molar-refractivity contribution in [1.82, 2.24) is 15.1 Å². The number of aromatic nitrogens is 2. The lowest BCUT2D eigenvalue weighted by Crippen LogP contribution is -2.44. The Labute approximate surface area is 139 Å². The zero-order valence-electron chi connectivity index (χ0n) is 14.6. The second kappa shape index (κ2) is 8.85. The molecular weight excluding hydrogens is 290 g/mol. The van der Waals surface area contributed by atoms with Crippen LogP contribution in [0.25, 0.3) is 0 Å². The molecule has 0 aromatic carbocycles. The van der Waals surface area contributed by atoms with E-state index in [2.05, 4.69) is 24.0 Å². The molecule has 1 aliphatic heterocycles. The molecule has 1 aromatic heterocycles. The third kappa shape index (κ3) is 5.19. The smallest absolute Gasteiger partial charge is 0.233 e. The molecule has 0 atom stereocenters. The van der Waals surface area contributed by atoms with Crippen molar-refractivity contribution in [1.29, 1.82) is 0 Å². The number of hydrogen-bond donors (Lipinski definition) is 0. The summed E-state index contributed by atoms with van der Waals surface area (Å²) >= 11 is 0. The maximum atomic E-state index is 12.6. The van der Waals surface area contributed by atoms with Crippen LogP contribution in [0.4, 0.5) is 0 Å². The minimum absolute atomic E-state index is 0.131. The number of nitrogens with zero attached hydrogens (tertiary/aromatic N) is 3. The van der Waals surface area contributed by atoms with Crippen LogP contribution in [0, 0.1) is 12.8 Å². The lowest BCUT2D eigenvalue weighted by atomic mass is 9.95. The van der Waals surface area contributed by atoms with E-state index in [4.69, 9.17) is 4.74 Å². The molecule has 5 heteroatoms. The average Bonchev–Trinajstić information content (AvgIpc) is 2.57. The summed E-state index contributed by atoms with van der Waals surface area (Å²) in [6.45, 7) is 7.78. The third-order valence-electron chi connectivity index (χ3n) is 4.44. The molecule has 1 amide bonds. The van der Waals surface area contributed by atoms with Crippen molar-refractivity contribution in [2.24, 2.45) is 5.92 Å². The molecule has 0 N–H and O–H groups in total. The van der Waals surface area contributed by atoms with Crippen LogP contribution in [0.3, 0.4) is 0 Å². The number of hydrogen-bond acceptors (Lipinski definition) is 4. The van der Waals surface area contributed by atoms with Crippen molar-refractivity contribution in [3.05, 3.63) is 17.8 Å². The molecule has 1 aliphatic rings. The fraction of sp³-hybridized carbons (Fsp3) is 0.722. The molecule has 0 aliphatic carbocycles. The van der Waals surface area contributed by atoms with E-state index in [1.165, 1.54) is 0 Å². The molecule has 1 saturated heterocycles. The van der Waals surface area contributed by atoms with E-state index in [-0.39, 0.29) is 12.0 Å². The molecule has 0 bridgehead atoms. The van der Waals surface area contributed by atoms with Crippen LogP contribution in [0.2, 0.25) is 0 Å². The van der Waals surface area contributed by atoms with Crippen LogP contribution in [-0.4, -0.2) is 40.2 Å². The highest BCUT2D eigenvalue weighted by Gasteiger charge is 2.28. The van der Waals surface area contributed by atoms with Crippen molar-refractivity contribution in [3.8, 4) is 5.88 Å². The predicted octanol–water partition coefficient (Wildman–Crippen LogP) is 3.37. The molecule has 23 heavy (non-hydrogen) atoms. The summed E-state index contributed by atoms with van der Waals surface area (Å²) in [5.41, 5.74) is 0.885. The van der Waals surface area contributed by atoms with E-state index in [1.54, 1.807) is 0 Å². The Kier molecular flexibility index (Phi) is 6.81. The van der Waals surface area contributed by atoms with Gasteiger partial charge >= 0.3 is 0 Å². The molecule has 5 nitrogen and oxygen atoms in total. The topological polar surface area (TPSA) is 55.3 Å². The zero-order chi connectivity index (χ0) is 16.7. The molecule has 0 radical (unpaired) electrons. The van der Waals surface area contributed by atoms with E-state index < -0.39 is 0 Å². The zero-order valence-corrected chi connectivity index (χ0v) is 14.6. The van der Waals surface area contributed by atoms with Gasteiger partial charge in [0.15, 0.2) is 0 Å². The first-order valence-corrected chi connectivity index (χ1v) is 8.89. The molecule has 0 spiro atoms. The van der Waals surface area contributed by atoms with Crippen LogP contribution >= 0.6 is 0 Å². The number of carbonyl (C=O) groups is 1. The van der Waals surface area contributed by atoms with Crippen molar-refractivity contribution in [2.45, 2.75) is 65.4 Å². The van der Waals surface area contributed by atoms with Gasteiger partial charge in [0.05, 0.1) is 5.69 Å². The molecule has 2 heterocycles. The Bertz CT molecular complexity index is 476. The summed E-state index contributed by atoms with van der Waals surface area (Å²) in [7, 11) is 0. The Morgan fingerprint density at radius 1 is 1.22 bits per heavy atom. The van der Waals surface area contributed by atoms with Crippen molar-refractivity contribution >= 4 is 5.91 Å². The number of rotatable bonds is 7. The van der Waals surface area contributed by atoms with Gasteiger partial charge in [0, 0.05) is 37.9 Å². The Hall–Kier alpha value is -1.65. The summed E-state index contributed by atoms with van der Waals surface area (Å²) in [4.78, 5) is 14.7. The summed E-state index contributed by atoms with van der Waals surface area (Å²) < 4.78 is 5.88. The first-order valence-electron chi connectivity index (χ1n) is 8.89. The Morgan fingerprint density at radius 3 is 2.39 bits per heavy atom. The largest absolute Gasteiger partial charge is 0.473 e. The van der Waals surface area contributed by atoms with Gasteiger partial charge in [0.1, 0.15) is 6.10 Å². The summed E-state index contributed by atoms with van der Waals surface area (Å²) in [5.74, 6) is 1.11. The standard InChI is InChI=1S/C18H29N3O2/c1-4-6-15(7-5-2)18(22)21-12-10-16(11-13-21)23-17-9-8-14(3)19-20-17/h8-9,15-16H,4-7,10-13H2,1-3H3. The Balaban J connectivity index is 1.82. The van der Waals surface area contributed by atoms with Gasteiger partial charge in [0.2, 0.25) is 11.8 Å². The first-order chi connectivity index (χ1) is 11.1. The van der Waals surface area contributed by atoms with E-state index in [0.29, 0.717) is 11.8 Å². The lowest BCUT2D eigenvalue weighted by Gasteiger charge is -2.34. The number of aryl methyl sites for hydroxylation is 1. The fourth-order valence-electron chi connectivity index (χ4n) is 3.16. The Morgan fingerprint density at radius 2 is 1.87 bits per heavy atom. The first kappa shape index (κ1) is 17.7. The molecule has 0 unspecified atom stereocenters. The molecular formula is C18H29N3O2. The van der Waals surface area contributed by atoms with Gasteiger partial charge in [-0.15, -0.1) is 5.10 Å². The molecule has 2 rings (SSSR count). The summed E-state index contributed by atoms with van der Waals surface area (Å²) in [6.07, 6.45) is 6.01. The highest BCUT2D eigenvalue weighted by molar-refractivity contribution is 5.78. The van der Waals surface area contributed by atoms with Gasteiger partial charge in [-0.25, -0.2) is 0 Å². The number of likely N-dealkylation sites (tertiary alicyclic amines) is 1. The van der Waals surface area contributed by atoms with Crippen LogP contribution in [0.5, 0.6) is 5.88 Å². The van der Waals surface area contributed by atoms with Gasteiger partial charge in [-0.1, -0.05) is 26.7 Å². The highest BCUT2D eigenvalue weighted by atomic mass is 16.5. The normalized spacial score (nSPS) is 15.9. The van der Waals surface area contributed by atoms with Crippen LogP contribution in [-0.2, 0) is 4.79 Å². The molecule has 0 saturated carbocycles. The predicted molar refractivity (Wildman–Crippen MR) is 90.3 cm³/mol. The fourth-order valence-corrected chi connectivity index (χ4v) is 3.16. The summed E-state index contributed by atoms with van der Waals surface area (Å²) in [5, 5.41) is 8.06. The van der Waals surface area contributed by atoms with Gasteiger partial charge in [-0.05, 0) is 25.8 Å². The third-order valence-corrected chi connectivity index (χ3v) is 4.44. The number of piperidine rings is 1. The SMILES string of the molecule is CCCC(CCC)C(=O)N1CCC(Oc2ccc(C)nn2)CC1. The van der Waals surface area contributed by atoms with E-state index >= 15 is 0 Å². The molecule has 1 fully saturated rings. The number of ether oxygens (including phenoxy) is 1. The van der Waals surface area contributed by atoms with Crippen molar-refractivity contribution in [3.63, 3.8) is 0 Å². The maximum absolute atomic E-state index is 12.6. The minimum Gasteiger partial charge on any atom is -0.473 e. The van der Waals surface area contributed by atoms with Gasteiger partial charge < -0.3 is 9.64 Å². The second-order valence-electron chi connectivity index (χ2n) is 6.43. The van der Waals surface area contributed by atoms with Gasteiger partial charge in [-0.3, -0.25) is 4.79 Å². The maximum Gasteiger partial charge on any atom is 0.233 e. The molecule has 128 valence electrons. The highest BCUT2D eigenvalue weighted by Crippen LogP contribution is 2.22. The van der Waals surface area contributed by atoms with Gasteiger partial charge in [0.25, 0.3) is 0 Å². The van der Waals surface area contributed by atoms with Crippen LogP contribution < -0.4 is 4.74 Å². The molecule has 1 aromatic rings. The minimum atomic E-state index is 0.131. The van der Waals surface area contributed by atoms with Crippen LogP contribution in [0.1, 0.15) is 58.1 Å².